The first-order valence-corrected chi connectivity index (χ1v) is 9.96. The van der Waals surface area contributed by atoms with Gasteiger partial charge < -0.3 is 10.6 Å². The minimum absolute atomic E-state index is 0.167. The Morgan fingerprint density at radius 2 is 1.79 bits per heavy atom. The molecule has 0 aliphatic heterocycles. The Kier molecular flexibility index (Phi) is 6.11. The molecule has 144 valence electrons. The van der Waals surface area contributed by atoms with Crippen molar-refractivity contribution in [2.75, 3.05) is 11.9 Å². The second-order valence-electron chi connectivity index (χ2n) is 6.57. The van der Waals surface area contributed by atoms with Crippen LogP contribution in [0.1, 0.15) is 27.2 Å². The van der Waals surface area contributed by atoms with Crippen LogP contribution in [0.5, 0.6) is 0 Å². The molecule has 1 heterocycles. The van der Waals surface area contributed by atoms with Crippen LogP contribution >= 0.6 is 22.9 Å². The molecule has 0 spiro atoms. The van der Waals surface area contributed by atoms with Crippen LogP contribution in [0.4, 0.5) is 5.69 Å². The molecule has 0 fully saturated rings. The Morgan fingerprint density at radius 3 is 2.50 bits per heavy atom. The zero-order chi connectivity index (χ0) is 20.3. The maximum absolute atomic E-state index is 12.3. The number of thiazole rings is 1. The van der Waals surface area contributed by atoms with Gasteiger partial charge in [-0.3, -0.25) is 9.59 Å². The summed E-state index contributed by atoms with van der Waals surface area (Å²) in [5.74, 6) is -0.749. The zero-order valence-electron chi connectivity index (χ0n) is 15.8. The van der Waals surface area contributed by atoms with E-state index in [4.69, 9.17) is 11.6 Å². The third-order valence-electron chi connectivity index (χ3n) is 4.16. The van der Waals surface area contributed by atoms with Crippen LogP contribution < -0.4 is 10.6 Å². The largest absolute Gasteiger partial charge is 0.342 e. The van der Waals surface area contributed by atoms with Crippen LogP contribution in [-0.4, -0.2) is 23.3 Å². The van der Waals surface area contributed by atoms with Crippen molar-refractivity contribution in [2.45, 2.75) is 20.8 Å². The first kappa shape index (κ1) is 20.0. The lowest BCUT2D eigenvalue weighted by molar-refractivity contribution is -0.115. The quantitative estimate of drug-likeness (QED) is 0.633. The molecule has 2 N–H and O–H groups in total. The summed E-state index contributed by atoms with van der Waals surface area (Å²) in [6.45, 7) is 5.80. The Hall–Kier alpha value is -2.70. The minimum atomic E-state index is -0.391. The van der Waals surface area contributed by atoms with Gasteiger partial charge in [-0.25, -0.2) is 4.98 Å². The summed E-state index contributed by atoms with van der Waals surface area (Å²) in [5.41, 5.74) is 5.09. The van der Waals surface area contributed by atoms with E-state index in [2.05, 4.69) is 21.7 Å². The van der Waals surface area contributed by atoms with E-state index in [1.165, 1.54) is 16.9 Å². The van der Waals surface area contributed by atoms with Crippen LogP contribution in [0.25, 0.3) is 10.6 Å². The van der Waals surface area contributed by atoms with Gasteiger partial charge >= 0.3 is 0 Å². The summed E-state index contributed by atoms with van der Waals surface area (Å²) < 4.78 is 0. The third kappa shape index (κ3) is 4.77. The molecule has 3 rings (SSSR count). The van der Waals surface area contributed by atoms with E-state index in [1.54, 1.807) is 17.5 Å². The van der Waals surface area contributed by atoms with Crippen molar-refractivity contribution in [1.29, 1.82) is 0 Å². The molecular formula is C21H20ClN3O2S. The number of carbonyl (C=O) groups is 2. The molecule has 0 saturated carbocycles. The van der Waals surface area contributed by atoms with Crippen molar-refractivity contribution in [1.82, 2.24) is 10.3 Å². The number of nitrogens with one attached hydrogen (secondary N) is 2. The number of hydrogen-bond acceptors (Lipinski definition) is 4. The van der Waals surface area contributed by atoms with E-state index in [0.717, 1.165) is 21.7 Å². The standard InChI is InChI=1S/C21H20ClN3O2S/c1-12-4-6-15(14(3)8-12)21-25-18(11-28-21)20(27)23-10-19(26)24-17-7-5-13(2)9-16(17)22/h4-9,11H,10H2,1-3H3,(H,23,27)(H,24,26). The summed E-state index contributed by atoms with van der Waals surface area (Å²) in [5, 5.41) is 8.20. The summed E-state index contributed by atoms with van der Waals surface area (Å²) >= 11 is 7.51. The predicted octanol–water partition coefficient (Wildman–Crippen LogP) is 4.76. The maximum atomic E-state index is 12.3. The average molecular weight is 414 g/mol. The molecule has 0 radical (unpaired) electrons. The van der Waals surface area contributed by atoms with Gasteiger partial charge in [0.25, 0.3) is 5.91 Å². The van der Waals surface area contributed by atoms with Crippen LogP contribution in [-0.2, 0) is 4.79 Å². The highest BCUT2D eigenvalue weighted by atomic mass is 35.5. The predicted molar refractivity (Wildman–Crippen MR) is 114 cm³/mol. The fourth-order valence-corrected chi connectivity index (χ4v) is 3.89. The van der Waals surface area contributed by atoms with Gasteiger partial charge in [0.1, 0.15) is 10.7 Å². The fourth-order valence-electron chi connectivity index (χ4n) is 2.72. The van der Waals surface area contributed by atoms with E-state index in [-0.39, 0.29) is 12.5 Å². The summed E-state index contributed by atoms with van der Waals surface area (Å²) in [4.78, 5) is 28.8. The first-order valence-electron chi connectivity index (χ1n) is 8.71. The van der Waals surface area contributed by atoms with Crippen molar-refractivity contribution in [3.05, 3.63) is 69.2 Å². The van der Waals surface area contributed by atoms with E-state index in [1.807, 2.05) is 39.0 Å². The van der Waals surface area contributed by atoms with Gasteiger partial charge in [-0.2, -0.15) is 0 Å². The molecule has 0 unspecified atom stereocenters. The highest BCUT2D eigenvalue weighted by Gasteiger charge is 2.14. The topological polar surface area (TPSA) is 71.1 Å². The molecule has 3 aromatic rings. The lowest BCUT2D eigenvalue weighted by atomic mass is 10.1. The van der Waals surface area contributed by atoms with Crippen molar-refractivity contribution in [2.24, 2.45) is 0 Å². The van der Waals surface area contributed by atoms with Crippen LogP contribution in [0.3, 0.4) is 0 Å². The SMILES string of the molecule is Cc1ccc(-c2nc(C(=O)NCC(=O)Nc3ccc(C)cc3Cl)cs2)c(C)c1. The molecule has 7 heteroatoms. The number of anilines is 1. The number of carbonyl (C=O) groups excluding carboxylic acids is 2. The van der Waals surface area contributed by atoms with Crippen LogP contribution in [0.15, 0.2) is 41.8 Å². The van der Waals surface area contributed by atoms with Gasteiger partial charge in [-0.05, 0) is 44.0 Å². The Labute approximate surface area is 172 Å². The van der Waals surface area contributed by atoms with Gasteiger partial charge in [0.15, 0.2) is 0 Å². The highest BCUT2D eigenvalue weighted by Crippen LogP contribution is 2.27. The monoisotopic (exact) mass is 413 g/mol. The average Bonchev–Trinajstić information content (AvgIpc) is 3.12. The number of benzene rings is 2. The molecule has 2 amide bonds. The number of aryl methyl sites for hydroxylation is 3. The number of rotatable bonds is 5. The number of hydrogen-bond donors (Lipinski definition) is 2. The summed E-state index contributed by atoms with van der Waals surface area (Å²) in [6, 6.07) is 11.4. The van der Waals surface area contributed by atoms with E-state index in [9.17, 15) is 9.59 Å². The van der Waals surface area contributed by atoms with Crippen molar-refractivity contribution in [3.8, 4) is 10.6 Å². The first-order chi connectivity index (χ1) is 13.3. The van der Waals surface area contributed by atoms with E-state index < -0.39 is 5.91 Å². The zero-order valence-corrected chi connectivity index (χ0v) is 17.4. The number of aromatic nitrogens is 1. The molecule has 0 aliphatic carbocycles. The maximum Gasteiger partial charge on any atom is 0.271 e. The van der Waals surface area contributed by atoms with Crippen molar-refractivity contribution >= 4 is 40.4 Å². The van der Waals surface area contributed by atoms with E-state index >= 15 is 0 Å². The van der Waals surface area contributed by atoms with Gasteiger partial charge in [0.05, 0.1) is 17.3 Å². The normalized spacial score (nSPS) is 10.6. The Bertz CT molecular complexity index is 1050. The number of amides is 2. The molecule has 0 saturated heterocycles. The second kappa shape index (κ2) is 8.54. The molecule has 0 aliphatic rings. The van der Waals surface area contributed by atoms with Crippen LogP contribution in [0.2, 0.25) is 5.02 Å². The van der Waals surface area contributed by atoms with Gasteiger partial charge in [-0.1, -0.05) is 41.4 Å². The smallest absolute Gasteiger partial charge is 0.271 e. The van der Waals surface area contributed by atoms with Gasteiger partial charge in [0.2, 0.25) is 5.91 Å². The summed E-state index contributed by atoms with van der Waals surface area (Å²) in [7, 11) is 0. The minimum Gasteiger partial charge on any atom is -0.342 e. The number of halogens is 1. The second-order valence-corrected chi connectivity index (χ2v) is 7.84. The lowest BCUT2D eigenvalue weighted by Crippen LogP contribution is -2.33. The molecular weight excluding hydrogens is 394 g/mol. The fraction of sp³-hybridized carbons (Fsp3) is 0.190. The van der Waals surface area contributed by atoms with Crippen molar-refractivity contribution < 1.29 is 9.59 Å². The van der Waals surface area contributed by atoms with Crippen LogP contribution in [0, 0.1) is 20.8 Å². The molecule has 28 heavy (non-hydrogen) atoms. The highest BCUT2D eigenvalue weighted by molar-refractivity contribution is 7.13. The number of nitrogens with zero attached hydrogens (tertiary/aromatic N) is 1. The Balaban J connectivity index is 1.61. The van der Waals surface area contributed by atoms with E-state index in [0.29, 0.717) is 16.4 Å². The molecule has 0 atom stereocenters. The third-order valence-corrected chi connectivity index (χ3v) is 5.35. The molecule has 5 nitrogen and oxygen atoms in total. The Morgan fingerprint density at radius 1 is 1.07 bits per heavy atom. The van der Waals surface area contributed by atoms with Gasteiger partial charge in [-0.15, -0.1) is 11.3 Å². The lowest BCUT2D eigenvalue weighted by Gasteiger charge is -2.08. The van der Waals surface area contributed by atoms with Crippen molar-refractivity contribution in [3.63, 3.8) is 0 Å². The summed E-state index contributed by atoms with van der Waals surface area (Å²) in [6.07, 6.45) is 0. The van der Waals surface area contributed by atoms with Gasteiger partial charge in [0, 0.05) is 10.9 Å². The molecule has 1 aromatic heterocycles. The molecule has 0 bridgehead atoms. The molecule has 2 aromatic carbocycles.